The summed E-state index contributed by atoms with van der Waals surface area (Å²) in [5.74, 6) is -1.36. The number of rotatable bonds is 4. The summed E-state index contributed by atoms with van der Waals surface area (Å²) in [5, 5.41) is 18.9. The number of nitrogens with zero attached hydrogens (tertiary/aromatic N) is 2. The number of halogens is 2. The molecule has 0 aliphatic rings. The molecule has 0 saturated carbocycles. The molecule has 1 N–H and O–H groups in total. The standard InChI is InChI=1S/C8H6F2N2O4/c9-8(10)7-4(1-6(13)14)2-11-3-5(7)12(15)16/h2-3,8H,1H2,(H,13,14). The lowest BCUT2D eigenvalue weighted by Crippen LogP contribution is -2.07. The maximum atomic E-state index is 12.6. The number of hydrogen-bond acceptors (Lipinski definition) is 4. The third-order valence-corrected chi connectivity index (χ3v) is 1.81. The second-order valence-electron chi connectivity index (χ2n) is 2.86. The molecule has 16 heavy (non-hydrogen) atoms. The van der Waals surface area contributed by atoms with Crippen LogP contribution < -0.4 is 0 Å². The Kier molecular flexibility index (Phi) is 3.44. The third-order valence-electron chi connectivity index (χ3n) is 1.81. The van der Waals surface area contributed by atoms with Crippen molar-refractivity contribution >= 4 is 11.7 Å². The molecule has 1 rings (SSSR count). The van der Waals surface area contributed by atoms with Crippen LogP contribution in [0.15, 0.2) is 12.4 Å². The quantitative estimate of drug-likeness (QED) is 0.627. The fourth-order valence-electron chi connectivity index (χ4n) is 1.20. The molecule has 0 unspecified atom stereocenters. The van der Waals surface area contributed by atoms with E-state index in [1.165, 1.54) is 0 Å². The first-order valence-electron chi connectivity index (χ1n) is 4.04. The smallest absolute Gasteiger partial charge is 0.307 e. The van der Waals surface area contributed by atoms with Gasteiger partial charge in [-0.1, -0.05) is 0 Å². The molecule has 0 aliphatic heterocycles. The fraction of sp³-hybridized carbons (Fsp3) is 0.250. The van der Waals surface area contributed by atoms with Gasteiger partial charge in [0.2, 0.25) is 0 Å². The van der Waals surface area contributed by atoms with Crippen LogP contribution >= 0.6 is 0 Å². The normalized spacial score (nSPS) is 10.4. The summed E-state index contributed by atoms with van der Waals surface area (Å²) < 4.78 is 25.1. The van der Waals surface area contributed by atoms with Crippen molar-refractivity contribution in [3.05, 3.63) is 33.6 Å². The number of carboxylic acids is 1. The molecule has 8 heteroatoms. The van der Waals surface area contributed by atoms with E-state index in [1.807, 2.05) is 0 Å². The molecule has 0 saturated heterocycles. The summed E-state index contributed by atoms with van der Waals surface area (Å²) in [4.78, 5) is 23.2. The maximum Gasteiger partial charge on any atom is 0.307 e. The molecule has 1 aromatic heterocycles. The minimum absolute atomic E-state index is 0.350. The van der Waals surface area contributed by atoms with Crippen molar-refractivity contribution in [2.45, 2.75) is 12.8 Å². The Morgan fingerprint density at radius 2 is 2.19 bits per heavy atom. The average molecular weight is 232 g/mol. The second-order valence-corrected chi connectivity index (χ2v) is 2.86. The Morgan fingerprint density at radius 3 is 2.62 bits per heavy atom. The number of pyridine rings is 1. The number of carboxylic acid groups (broad SMARTS) is 1. The van der Waals surface area contributed by atoms with Gasteiger partial charge in [0.15, 0.2) is 0 Å². The van der Waals surface area contributed by atoms with Gasteiger partial charge in [-0.05, 0) is 5.56 Å². The van der Waals surface area contributed by atoms with E-state index >= 15 is 0 Å². The summed E-state index contributed by atoms with van der Waals surface area (Å²) in [6, 6.07) is 0. The van der Waals surface area contributed by atoms with Crippen LogP contribution in [-0.2, 0) is 11.2 Å². The summed E-state index contributed by atoms with van der Waals surface area (Å²) in [6.45, 7) is 0. The highest BCUT2D eigenvalue weighted by atomic mass is 19.3. The average Bonchev–Trinajstić information content (AvgIpc) is 2.15. The molecule has 0 aliphatic carbocycles. The highest BCUT2D eigenvalue weighted by molar-refractivity contribution is 5.71. The molecule has 0 atom stereocenters. The Balaban J connectivity index is 3.32. The van der Waals surface area contributed by atoms with Gasteiger partial charge in [0.05, 0.1) is 11.3 Å². The number of aromatic nitrogens is 1. The summed E-state index contributed by atoms with van der Waals surface area (Å²) in [6.07, 6.45) is -2.28. The van der Waals surface area contributed by atoms with E-state index in [1.54, 1.807) is 0 Å². The highest BCUT2D eigenvalue weighted by Crippen LogP contribution is 2.31. The van der Waals surface area contributed by atoms with Gasteiger partial charge in [-0.2, -0.15) is 0 Å². The molecule has 0 radical (unpaired) electrons. The van der Waals surface area contributed by atoms with Gasteiger partial charge < -0.3 is 5.11 Å². The van der Waals surface area contributed by atoms with E-state index in [9.17, 15) is 23.7 Å². The number of aliphatic carboxylic acids is 1. The van der Waals surface area contributed by atoms with Crippen molar-refractivity contribution in [1.82, 2.24) is 4.98 Å². The zero-order valence-electron chi connectivity index (χ0n) is 7.76. The van der Waals surface area contributed by atoms with Gasteiger partial charge in [0.25, 0.3) is 12.1 Å². The highest BCUT2D eigenvalue weighted by Gasteiger charge is 2.26. The van der Waals surface area contributed by atoms with E-state index in [0.717, 1.165) is 6.20 Å². The lowest BCUT2D eigenvalue weighted by Gasteiger charge is -2.06. The van der Waals surface area contributed by atoms with Gasteiger partial charge >= 0.3 is 5.97 Å². The van der Waals surface area contributed by atoms with Crippen LogP contribution in [0.3, 0.4) is 0 Å². The molecular weight excluding hydrogens is 226 g/mol. The van der Waals surface area contributed by atoms with Crippen molar-refractivity contribution in [2.75, 3.05) is 0 Å². The molecule has 0 bridgehead atoms. The number of nitro groups is 1. The van der Waals surface area contributed by atoms with Crippen LogP contribution in [0.4, 0.5) is 14.5 Å². The largest absolute Gasteiger partial charge is 0.481 e. The summed E-state index contributed by atoms with van der Waals surface area (Å²) >= 11 is 0. The molecule has 0 aromatic carbocycles. The molecule has 86 valence electrons. The lowest BCUT2D eigenvalue weighted by atomic mass is 10.1. The van der Waals surface area contributed by atoms with Gasteiger partial charge in [0.1, 0.15) is 11.8 Å². The van der Waals surface area contributed by atoms with Crippen molar-refractivity contribution in [2.24, 2.45) is 0 Å². The predicted octanol–water partition coefficient (Wildman–Crippen LogP) is 1.55. The zero-order valence-corrected chi connectivity index (χ0v) is 7.76. The molecule has 0 spiro atoms. The van der Waals surface area contributed by atoms with Gasteiger partial charge in [-0.25, -0.2) is 8.78 Å². The van der Waals surface area contributed by atoms with Crippen LogP contribution in [0.25, 0.3) is 0 Å². The minimum atomic E-state index is -3.11. The van der Waals surface area contributed by atoms with Crippen LogP contribution in [0.1, 0.15) is 17.6 Å². The Labute approximate surface area is 87.7 Å². The topological polar surface area (TPSA) is 93.3 Å². The maximum absolute atomic E-state index is 12.6. The Hall–Kier alpha value is -2.12. The molecular formula is C8H6F2N2O4. The number of hydrogen-bond donors (Lipinski definition) is 1. The van der Waals surface area contributed by atoms with Gasteiger partial charge in [-0.3, -0.25) is 19.9 Å². The first kappa shape index (κ1) is 12.0. The van der Waals surface area contributed by atoms with E-state index in [4.69, 9.17) is 5.11 Å². The van der Waals surface area contributed by atoms with Crippen LogP contribution in [0.2, 0.25) is 0 Å². The molecule has 6 nitrogen and oxygen atoms in total. The van der Waals surface area contributed by atoms with Crippen molar-refractivity contribution in [3.8, 4) is 0 Å². The zero-order chi connectivity index (χ0) is 12.3. The van der Waals surface area contributed by atoms with Gasteiger partial charge in [0, 0.05) is 6.20 Å². The molecule has 1 heterocycles. The summed E-state index contributed by atoms with van der Waals surface area (Å²) in [7, 11) is 0. The van der Waals surface area contributed by atoms with E-state index in [-0.39, 0.29) is 5.56 Å². The Bertz CT molecular complexity index is 436. The van der Waals surface area contributed by atoms with E-state index in [2.05, 4.69) is 4.98 Å². The predicted molar refractivity (Wildman–Crippen MR) is 47.2 cm³/mol. The number of carbonyl (C=O) groups is 1. The van der Waals surface area contributed by atoms with Crippen LogP contribution in [0, 0.1) is 10.1 Å². The van der Waals surface area contributed by atoms with E-state index < -0.39 is 35.0 Å². The second kappa shape index (κ2) is 4.60. The molecule has 0 amide bonds. The SMILES string of the molecule is O=C(O)Cc1cncc([N+](=O)[O-])c1C(F)F. The van der Waals surface area contributed by atoms with Crippen molar-refractivity contribution in [3.63, 3.8) is 0 Å². The third kappa shape index (κ3) is 2.47. The molecule has 1 aromatic rings. The van der Waals surface area contributed by atoms with E-state index in [0.29, 0.717) is 6.20 Å². The van der Waals surface area contributed by atoms with Gasteiger partial charge in [-0.15, -0.1) is 0 Å². The monoisotopic (exact) mass is 232 g/mol. The Morgan fingerprint density at radius 1 is 1.56 bits per heavy atom. The lowest BCUT2D eigenvalue weighted by molar-refractivity contribution is -0.386. The van der Waals surface area contributed by atoms with Crippen LogP contribution in [-0.4, -0.2) is 21.0 Å². The first-order valence-corrected chi connectivity index (χ1v) is 4.04. The summed E-state index contributed by atoms with van der Waals surface area (Å²) in [5.41, 5.74) is -2.10. The van der Waals surface area contributed by atoms with Crippen molar-refractivity contribution in [1.29, 1.82) is 0 Å². The van der Waals surface area contributed by atoms with Crippen LogP contribution in [0.5, 0.6) is 0 Å². The fourth-order valence-corrected chi connectivity index (χ4v) is 1.20. The van der Waals surface area contributed by atoms with Crippen molar-refractivity contribution < 1.29 is 23.6 Å². The first-order chi connectivity index (χ1) is 7.43. The molecule has 0 fully saturated rings. The minimum Gasteiger partial charge on any atom is -0.481 e. The number of alkyl halides is 2.